The molecule has 1 aromatic rings. The maximum Gasteiger partial charge on any atom is 0.234 e. The van der Waals surface area contributed by atoms with E-state index in [0.717, 1.165) is 19.3 Å². The Bertz CT molecular complexity index is 526. The molecule has 0 aliphatic heterocycles. The van der Waals surface area contributed by atoms with Crippen LogP contribution in [0.5, 0.6) is 0 Å². The monoisotopic (exact) mass is 295 g/mol. The molecule has 0 aromatic carbocycles. The maximum absolute atomic E-state index is 12.5. The van der Waals surface area contributed by atoms with Crippen molar-refractivity contribution in [2.45, 2.75) is 45.6 Å². The largest absolute Gasteiger partial charge is 0.409 e. The molecule has 0 saturated carbocycles. The number of nitrogens with two attached hydrogens (primary N) is 1. The Morgan fingerprint density at radius 1 is 1.70 bits per heavy atom. The van der Waals surface area contributed by atoms with Crippen LogP contribution < -0.4 is 11.1 Å². The first-order chi connectivity index (χ1) is 9.52. The molecule has 0 bridgehead atoms. The lowest BCUT2D eigenvalue weighted by Crippen LogP contribution is -2.48. The average Bonchev–Trinajstić information content (AvgIpc) is 2.94. The van der Waals surface area contributed by atoms with Gasteiger partial charge < -0.3 is 16.3 Å². The number of thiophene rings is 1. The SMILES string of the molecule is CCC(C)(C(=O)NC1CCCc2sccc21)/C(N)=N/O. The molecule has 0 saturated heterocycles. The molecular formula is C14H21N3O2S. The summed E-state index contributed by atoms with van der Waals surface area (Å²) in [6.07, 6.45) is 3.58. The van der Waals surface area contributed by atoms with Crippen LogP contribution in [-0.2, 0) is 11.2 Å². The van der Waals surface area contributed by atoms with E-state index in [0.29, 0.717) is 6.42 Å². The first kappa shape index (κ1) is 14.8. The lowest BCUT2D eigenvalue weighted by molar-refractivity contribution is -0.128. The standard InChI is InChI=1S/C14H21N3O2S/c1-3-14(2,12(15)17-19)13(18)16-10-5-4-6-11-9(10)7-8-20-11/h7-8,10,19H,3-6H2,1-2H3,(H2,15,17)(H,16,18). The lowest BCUT2D eigenvalue weighted by atomic mass is 9.84. The Hall–Kier alpha value is -1.56. The van der Waals surface area contributed by atoms with Crippen molar-refractivity contribution in [1.82, 2.24) is 5.32 Å². The normalized spacial score (nSPS) is 21.9. The van der Waals surface area contributed by atoms with Crippen molar-refractivity contribution < 1.29 is 10.0 Å². The number of hydrogen-bond acceptors (Lipinski definition) is 4. The topological polar surface area (TPSA) is 87.7 Å². The summed E-state index contributed by atoms with van der Waals surface area (Å²) in [5.41, 5.74) is 5.93. The molecule has 0 radical (unpaired) electrons. The molecule has 0 spiro atoms. The first-order valence-electron chi connectivity index (χ1n) is 6.88. The number of fused-ring (bicyclic) bond motifs is 1. The molecule has 1 heterocycles. The van der Waals surface area contributed by atoms with E-state index in [-0.39, 0.29) is 17.8 Å². The van der Waals surface area contributed by atoms with E-state index in [1.807, 2.05) is 6.92 Å². The second-order valence-corrected chi connectivity index (χ2v) is 6.39. The van der Waals surface area contributed by atoms with Gasteiger partial charge in [0.05, 0.1) is 6.04 Å². The van der Waals surface area contributed by atoms with Crippen LogP contribution in [0.25, 0.3) is 0 Å². The van der Waals surface area contributed by atoms with Crippen LogP contribution in [0.3, 0.4) is 0 Å². The number of carbonyl (C=O) groups excluding carboxylic acids is 1. The van der Waals surface area contributed by atoms with Gasteiger partial charge in [-0.1, -0.05) is 12.1 Å². The molecule has 5 nitrogen and oxygen atoms in total. The van der Waals surface area contributed by atoms with Crippen molar-refractivity contribution in [2.24, 2.45) is 16.3 Å². The minimum Gasteiger partial charge on any atom is -0.409 e. The lowest BCUT2D eigenvalue weighted by Gasteiger charge is -2.30. The minimum atomic E-state index is -0.970. The molecule has 6 heteroatoms. The number of nitrogens with one attached hydrogen (secondary N) is 1. The third-order valence-corrected chi connectivity index (χ3v) is 5.24. The molecule has 1 aliphatic rings. The zero-order chi connectivity index (χ0) is 14.8. The van der Waals surface area contributed by atoms with E-state index < -0.39 is 5.41 Å². The van der Waals surface area contributed by atoms with E-state index in [4.69, 9.17) is 10.9 Å². The highest BCUT2D eigenvalue weighted by Crippen LogP contribution is 2.34. The Morgan fingerprint density at radius 3 is 3.10 bits per heavy atom. The van der Waals surface area contributed by atoms with Crippen LogP contribution in [0, 0.1) is 5.41 Å². The second-order valence-electron chi connectivity index (χ2n) is 5.39. The highest BCUT2D eigenvalue weighted by molar-refractivity contribution is 7.10. The van der Waals surface area contributed by atoms with Gasteiger partial charge in [-0.3, -0.25) is 4.79 Å². The molecule has 1 amide bonds. The van der Waals surface area contributed by atoms with Crippen molar-refractivity contribution in [3.05, 3.63) is 21.9 Å². The average molecular weight is 295 g/mol. The summed E-state index contributed by atoms with van der Waals surface area (Å²) in [5, 5.41) is 17.0. The summed E-state index contributed by atoms with van der Waals surface area (Å²) in [4.78, 5) is 13.9. The van der Waals surface area contributed by atoms with Gasteiger partial charge in [-0.15, -0.1) is 11.3 Å². The van der Waals surface area contributed by atoms with Crippen molar-refractivity contribution in [2.75, 3.05) is 0 Å². The van der Waals surface area contributed by atoms with E-state index in [1.54, 1.807) is 18.3 Å². The molecule has 1 aromatic heterocycles. The first-order valence-corrected chi connectivity index (χ1v) is 7.76. The summed E-state index contributed by atoms with van der Waals surface area (Å²) in [6.45, 7) is 3.56. The Morgan fingerprint density at radius 2 is 2.45 bits per heavy atom. The van der Waals surface area contributed by atoms with Crippen molar-refractivity contribution in [3.63, 3.8) is 0 Å². The van der Waals surface area contributed by atoms with Crippen molar-refractivity contribution in [3.8, 4) is 0 Å². The number of rotatable bonds is 4. The molecule has 1 aliphatic carbocycles. The number of aryl methyl sites for hydroxylation is 1. The number of amides is 1. The zero-order valence-electron chi connectivity index (χ0n) is 11.8. The molecule has 20 heavy (non-hydrogen) atoms. The Balaban J connectivity index is 2.17. The van der Waals surface area contributed by atoms with Gasteiger partial charge in [0, 0.05) is 4.88 Å². The molecule has 2 rings (SSSR count). The van der Waals surface area contributed by atoms with E-state index in [9.17, 15) is 4.79 Å². The summed E-state index contributed by atoms with van der Waals surface area (Å²) in [7, 11) is 0. The van der Waals surface area contributed by atoms with Gasteiger partial charge in [0.15, 0.2) is 5.84 Å². The number of nitrogens with zero attached hydrogens (tertiary/aromatic N) is 1. The van der Waals surface area contributed by atoms with E-state index in [2.05, 4.69) is 21.9 Å². The van der Waals surface area contributed by atoms with Gasteiger partial charge in [0.1, 0.15) is 5.41 Å². The summed E-state index contributed by atoms with van der Waals surface area (Å²) in [5.74, 6) is -0.224. The van der Waals surface area contributed by atoms with Crippen LogP contribution >= 0.6 is 11.3 Å². The van der Waals surface area contributed by atoms with Gasteiger partial charge in [0.2, 0.25) is 5.91 Å². The molecule has 2 atom stereocenters. The van der Waals surface area contributed by atoms with Crippen LogP contribution in [0.2, 0.25) is 0 Å². The maximum atomic E-state index is 12.5. The van der Waals surface area contributed by atoms with Crippen LogP contribution in [0.1, 0.15) is 49.6 Å². The van der Waals surface area contributed by atoms with Crippen LogP contribution in [-0.4, -0.2) is 17.0 Å². The van der Waals surface area contributed by atoms with E-state index >= 15 is 0 Å². The van der Waals surface area contributed by atoms with E-state index in [1.165, 1.54) is 10.4 Å². The molecular weight excluding hydrogens is 274 g/mol. The predicted octanol–water partition coefficient (Wildman–Crippen LogP) is 2.40. The van der Waals surface area contributed by atoms with Gasteiger partial charge in [-0.2, -0.15) is 0 Å². The highest BCUT2D eigenvalue weighted by atomic mass is 32.1. The predicted molar refractivity (Wildman–Crippen MR) is 79.9 cm³/mol. The third-order valence-electron chi connectivity index (χ3n) is 4.24. The fourth-order valence-electron chi connectivity index (χ4n) is 2.52. The summed E-state index contributed by atoms with van der Waals surface area (Å²) < 4.78 is 0. The van der Waals surface area contributed by atoms with Gasteiger partial charge >= 0.3 is 0 Å². The Kier molecular flexibility index (Phi) is 4.32. The van der Waals surface area contributed by atoms with Crippen molar-refractivity contribution in [1.29, 1.82) is 0 Å². The quantitative estimate of drug-likeness (QED) is 0.345. The molecule has 4 N–H and O–H groups in total. The Labute approximate surface area is 122 Å². The number of amidine groups is 1. The fourth-order valence-corrected chi connectivity index (χ4v) is 3.51. The van der Waals surface area contributed by atoms with Crippen molar-refractivity contribution >= 4 is 23.1 Å². The van der Waals surface area contributed by atoms with Crippen LogP contribution in [0.15, 0.2) is 16.6 Å². The van der Waals surface area contributed by atoms with Gasteiger partial charge in [-0.05, 0) is 49.6 Å². The molecule has 110 valence electrons. The smallest absolute Gasteiger partial charge is 0.234 e. The third kappa shape index (κ3) is 2.52. The zero-order valence-corrected chi connectivity index (χ0v) is 12.7. The van der Waals surface area contributed by atoms with Gasteiger partial charge in [-0.25, -0.2) is 0 Å². The fraction of sp³-hybridized carbons (Fsp3) is 0.571. The number of carbonyl (C=O) groups is 1. The summed E-state index contributed by atoms with van der Waals surface area (Å²) >= 11 is 1.74. The van der Waals surface area contributed by atoms with Gasteiger partial charge in [0.25, 0.3) is 0 Å². The second kappa shape index (κ2) is 5.83. The summed E-state index contributed by atoms with van der Waals surface area (Å²) in [6, 6.07) is 2.12. The number of oxime groups is 1. The number of hydrogen-bond donors (Lipinski definition) is 3. The molecule has 2 unspecified atom stereocenters. The minimum absolute atomic E-state index is 0.0369. The molecule has 0 fully saturated rings. The highest BCUT2D eigenvalue weighted by Gasteiger charge is 2.38. The van der Waals surface area contributed by atoms with Crippen LogP contribution in [0.4, 0.5) is 0 Å².